The Morgan fingerprint density at radius 3 is 2.54 bits per heavy atom. The lowest BCUT2D eigenvalue weighted by Gasteiger charge is -2.09. The maximum Gasteiger partial charge on any atom is 0.127 e. The van der Waals surface area contributed by atoms with E-state index in [4.69, 9.17) is 0 Å². The van der Waals surface area contributed by atoms with Crippen LogP contribution in [0.1, 0.15) is 32.3 Å². The summed E-state index contributed by atoms with van der Waals surface area (Å²) in [5.74, 6) is 0.232. The molecule has 2 N–H and O–H groups in total. The van der Waals surface area contributed by atoms with Gasteiger partial charge in [-0.25, -0.2) is 0 Å². The molecule has 0 saturated heterocycles. The number of nitrogens with zero attached hydrogens (tertiary/aromatic N) is 1. The fourth-order valence-corrected chi connectivity index (χ4v) is 3.49. The molecule has 0 aliphatic rings. The minimum absolute atomic E-state index is 0.0934. The van der Waals surface area contributed by atoms with E-state index < -0.39 is 0 Å². The van der Waals surface area contributed by atoms with E-state index >= 15 is 0 Å². The van der Waals surface area contributed by atoms with Crippen LogP contribution in [0.5, 0.6) is 11.5 Å². The second-order valence-corrected chi connectivity index (χ2v) is 6.59. The summed E-state index contributed by atoms with van der Waals surface area (Å²) in [6.45, 7) is 5.10. The molecule has 0 spiro atoms. The third-order valence-corrected chi connectivity index (χ3v) is 4.88. The summed E-state index contributed by atoms with van der Waals surface area (Å²) in [6.07, 6.45) is 5.02. The molecule has 0 unspecified atom stereocenters. The van der Waals surface area contributed by atoms with E-state index in [9.17, 15) is 10.2 Å². The van der Waals surface area contributed by atoms with E-state index in [1.165, 1.54) is 6.07 Å². The normalized spacial score (nSPS) is 11.3. The van der Waals surface area contributed by atoms with Crippen molar-refractivity contribution in [1.82, 2.24) is 4.57 Å². The number of phenolic OH excluding ortho intramolecular Hbond substituents is 2. The predicted octanol–water partition coefficient (Wildman–Crippen LogP) is 5.37. The molecule has 1 heterocycles. The Morgan fingerprint density at radius 1 is 1.04 bits per heavy atom. The molecule has 126 valence electrons. The first-order chi connectivity index (χ1) is 11.6. The zero-order chi connectivity index (χ0) is 17.3. The molecule has 24 heavy (non-hydrogen) atoms. The molecule has 3 aromatic rings. The van der Waals surface area contributed by atoms with Crippen LogP contribution in [0, 0.1) is 0 Å². The summed E-state index contributed by atoms with van der Waals surface area (Å²) in [5, 5.41) is 21.4. The van der Waals surface area contributed by atoms with Crippen molar-refractivity contribution in [3.8, 4) is 22.6 Å². The smallest absolute Gasteiger partial charge is 0.127 e. The first kappa shape index (κ1) is 16.8. The Balaban J connectivity index is 2.26. The number of benzene rings is 2. The van der Waals surface area contributed by atoms with E-state index in [1.54, 1.807) is 0 Å². The number of hydrogen-bond acceptors (Lipinski definition) is 3. The van der Waals surface area contributed by atoms with Crippen LogP contribution in [0.15, 0.2) is 41.4 Å². The molecule has 3 nitrogen and oxygen atoms in total. The highest BCUT2D eigenvalue weighted by Crippen LogP contribution is 2.41. The van der Waals surface area contributed by atoms with Crippen molar-refractivity contribution in [1.29, 1.82) is 0 Å². The summed E-state index contributed by atoms with van der Waals surface area (Å²) >= 11 is 4.63. The summed E-state index contributed by atoms with van der Waals surface area (Å²) < 4.78 is 2.23. The Hall–Kier alpha value is -2.07. The SMILES string of the molecule is CCCCn1cc(-c2cc(CC)c(O)cc2O)c2c(S)cccc21. The third-order valence-electron chi connectivity index (χ3n) is 4.50. The van der Waals surface area contributed by atoms with Gasteiger partial charge in [0.1, 0.15) is 11.5 Å². The van der Waals surface area contributed by atoms with Crippen LogP contribution in [-0.4, -0.2) is 14.8 Å². The Morgan fingerprint density at radius 2 is 1.83 bits per heavy atom. The molecular formula is C20H23NO2S. The van der Waals surface area contributed by atoms with Gasteiger partial charge in [-0.3, -0.25) is 0 Å². The summed E-state index contributed by atoms with van der Waals surface area (Å²) in [6, 6.07) is 9.38. The minimum atomic E-state index is 0.0934. The molecule has 0 amide bonds. The van der Waals surface area contributed by atoms with Crippen molar-refractivity contribution in [3.63, 3.8) is 0 Å². The van der Waals surface area contributed by atoms with E-state index in [1.807, 2.05) is 25.1 Å². The van der Waals surface area contributed by atoms with Crippen molar-refractivity contribution in [2.75, 3.05) is 0 Å². The number of hydrogen-bond donors (Lipinski definition) is 3. The zero-order valence-corrected chi connectivity index (χ0v) is 15.0. The van der Waals surface area contributed by atoms with Crippen LogP contribution >= 0.6 is 12.6 Å². The lowest BCUT2D eigenvalue weighted by Crippen LogP contribution is -1.94. The molecule has 0 fully saturated rings. The highest BCUT2D eigenvalue weighted by molar-refractivity contribution is 7.80. The van der Waals surface area contributed by atoms with Gasteiger partial charge in [0.25, 0.3) is 0 Å². The first-order valence-electron chi connectivity index (χ1n) is 8.42. The molecule has 0 aliphatic heterocycles. The van der Waals surface area contributed by atoms with Crippen molar-refractivity contribution in [3.05, 3.63) is 42.1 Å². The molecule has 0 bridgehead atoms. The van der Waals surface area contributed by atoms with Gasteiger partial charge in [-0.05, 0) is 36.6 Å². The summed E-state index contributed by atoms with van der Waals surface area (Å²) in [5.41, 5.74) is 3.65. The molecule has 3 rings (SSSR count). The number of aryl methyl sites for hydroxylation is 2. The van der Waals surface area contributed by atoms with Crippen molar-refractivity contribution < 1.29 is 10.2 Å². The van der Waals surface area contributed by atoms with Crippen LogP contribution < -0.4 is 0 Å². The largest absolute Gasteiger partial charge is 0.508 e. The molecule has 0 atom stereocenters. The second kappa shape index (κ2) is 6.81. The Labute approximate surface area is 148 Å². The number of unbranched alkanes of at least 4 members (excludes halogenated alkanes) is 1. The summed E-state index contributed by atoms with van der Waals surface area (Å²) in [7, 11) is 0. The average Bonchev–Trinajstić information content (AvgIpc) is 2.93. The maximum absolute atomic E-state index is 10.4. The van der Waals surface area contributed by atoms with Crippen LogP contribution in [0.3, 0.4) is 0 Å². The highest BCUT2D eigenvalue weighted by atomic mass is 32.1. The Bertz CT molecular complexity index is 883. The number of aromatic nitrogens is 1. The molecular weight excluding hydrogens is 318 g/mol. The zero-order valence-electron chi connectivity index (χ0n) is 14.1. The predicted molar refractivity (Wildman–Crippen MR) is 102 cm³/mol. The van der Waals surface area contributed by atoms with Crippen LogP contribution in [0.2, 0.25) is 0 Å². The monoisotopic (exact) mass is 341 g/mol. The van der Waals surface area contributed by atoms with Gasteiger partial charge < -0.3 is 14.8 Å². The van der Waals surface area contributed by atoms with Crippen LogP contribution in [0.4, 0.5) is 0 Å². The highest BCUT2D eigenvalue weighted by Gasteiger charge is 2.17. The topological polar surface area (TPSA) is 45.4 Å². The van der Waals surface area contributed by atoms with Gasteiger partial charge in [0.15, 0.2) is 0 Å². The molecule has 0 saturated carbocycles. The quantitative estimate of drug-likeness (QED) is 0.546. The van der Waals surface area contributed by atoms with Crippen molar-refractivity contribution in [2.24, 2.45) is 0 Å². The number of rotatable bonds is 5. The second-order valence-electron chi connectivity index (χ2n) is 6.11. The van der Waals surface area contributed by atoms with Gasteiger partial charge in [-0.2, -0.15) is 0 Å². The number of thiol groups is 1. The van der Waals surface area contributed by atoms with E-state index in [2.05, 4.69) is 36.4 Å². The fraction of sp³-hybridized carbons (Fsp3) is 0.300. The lowest BCUT2D eigenvalue weighted by atomic mass is 9.99. The van der Waals surface area contributed by atoms with E-state index in [0.717, 1.165) is 51.9 Å². The average molecular weight is 341 g/mol. The van der Waals surface area contributed by atoms with Gasteiger partial charge in [0, 0.05) is 45.7 Å². The molecule has 1 aromatic heterocycles. The van der Waals surface area contributed by atoms with Crippen molar-refractivity contribution in [2.45, 2.75) is 44.6 Å². The number of phenols is 2. The van der Waals surface area contributed by atoms with E-state index in [-0.39, 0.29) is 11.5 Å². The molecule has 2 aromatic carbocycles. The van der Waals surface area contributed by atoms with Crippen molar-refractivity contribution >= 4 is 23.5 Å². The molecule has 0 radical (unpaired) electrons. The lowest BCUT2D eigenvalue weighted by molar-refractivity contribution is 0.447. The number of fused-ring (bicyclic) bond motifs is 1. The van der Waals surface area contributed by atoms with Gasteiger partial charge in [-0.15, -0.1) is 12.6 Å². The van der Waals surface area contributed by atoms with Gasteiger partial charge >= 0.3 is 0 Å². The Kier molecular flexibility index (Phi) is 4.76. The molecule has 0 aliphatic carbocycles. The van der Waals surface area contributed by atoms with E-state index in [0.29, 0.717) is 6.42 Å². The minimum Gasteiger partial charge on any atom is -0.508 e. The maximum atomic E-state index is 10.4. The van der Waals surface area contributed by atoms with Gasteiger partial charge in [0.2, 0.25) is 0 Å². The van der Waals surface area contributed by atoms with Crippen LogP contribution in [0.25, 0.3) is 22.0 Å². The van der Waals surface area contributed by atoms with Crippen LogP contribution in [-0.2, 0) is 13.0 Å². The van der Waals surface area contributed by atoms with Gasteiger partial charge in [0.05, 0.1) is 0 Å². The van der Waals surface area contributed by atoms with Gasteiger partial charge in [-0.1, -0.05) is 26.3 Å². The summed E-state index contributed by atoms with van der Waals surface area (Å²) in [4.78, 5) is 0.892. The number of aromatic hydroxyl groups is 2. The third kappa shape index (κ3) is 2.86. The standard InChI is InChI=1S/C20H23NO2S/c1-3-5-9-21-12-15(20-16(21)7-6-8-19(20)24)14-10-13(4-2)17(22)11-18(14)23/h6-8,10-12,22-24H,3-5,9H2,1-2H3. The first-order valence-corrected chi connectivity index (χ1v) is 8.87. The molecule has 4 heteroatoms. The fourth-order valence-electron chi connectivity index (χ4n) is 3.17.